The highest BCUT2D eigenvalue weighted by Crippen LogP contribution is 2.32. The molecule has 0 saturated carbocycles. The molecule has 1 rings (SSSR count). The zero-order valence-electron chi connectivity index (χ0n) is 14.4. The van der Waals surface area contributed by atoms with Crippen molar-refractivity contribution >= 4 is 17.2 Å². The molecule has 124 valence electrons. The predicted octanol–water partition coefficient (Wildman–Crippen LogP) is 2.58. The van der Waals surface area contributed by atoms with Gasteiger partial charge in [0, 0.05) is 46.8 Å². The van der Waals surface area contributed by atoms with Crippen molar-refractivity contribution in [3.63, 3.8) is 0 Å². The summed E-state index contributed by atoms with van der Waals surface area (Å²) in [6, 6.07) is 6.08. The summed E-state index contributed by atoms with van der Waals surface area (Å²) >= 11 is 0. The van der Waals surface area contributed by atoms with Crippen LogP contribution in [0.3, 0.4) is 0 Å². The van der Waals surface area contributed by atoms with E-state index in [-0.39, 0.29) is 12.4 Å². The van der Waals surface area contributed by atoms with Gasteiger partial charge in [-0.25, -0.2) is 0 Å². The van der Waals surface area contributed by atoms with Crippen LogP contribution >= 0.6 is 0 Å². The largest absolute Gasteiger partial charge is 0.497 e. The second kappa shape index (κ2) is 9.30. The van der Waals surface area contributed by atoms with Gasteiger partial charge in [-0.05, 0) is 25.5 Å². The van der Waals surface area contributed by atoms with Gasteiger partial charge in [0.05, 0.1) is 18.5 Å². The minimum Gasteiger partial charge on any atom is -0.497 e. The lowest BCUT2D eigenvalue weighted by Gasteiger charge is -2.28. The van der Waals surface area contributed by atoms with Crippen LogP contribution in [-0.4, -0.2) is 53.8 Å². The average molecular weight is 308 g/mol. The van der Waals surface area contributed by atoms with Gasteiger partial charge in [-0.15, -0.1) is 0 Å². The molecule has 0 radical (unpaired) electrons. The molecule has 22 heavy (non-hydrogen) atoms. The fourth-order valence-corrected chi connectivity index (χ4v) is 2.41. The van der Waals surface area contributed by atoms with E-state index < -0.39 is 0 Å². The Morgan fingerprint density at radius 1 is 1.18 bits per heavy atom. The molecule has 0 spiro atoms. The number of ketones is 1. The topological polar surface area (TPSA) is 42.0 Å². The van der Waals surface area contributed by atoms with Gasteiger partial charge in [-0.2, -0.15) is 0 Å². The molecule has 5 nitrogen and oxygen atoms in total. The number of anilines is 2. The minimum absolute atomic E-state index is 0.150. The van der Waals surface area contributed by atoms with Gasteiger partial charge < -0.3 is 19.3 Å². The van der Waals surface area contributed by atoms with Gasteiger partial charge in [-0.3, -0.25) is 4.79 Å². The molecule has 0 saturated heterocycles. The van der Waals surface area contributed by atoms with Crippen molar-refractivity contribution in [2.45, 2.75) is 19.8 Å². The number of carbonyl (C=O) groups is 1. The number of Topliss-reactive ketones (excluding diaryl/α,β-unsaturated/α-hetero) is 1. The monoisotopic (exact) mass is 308 g/mol. The van der Waals surface area contributed by atoms with E-state index in [9.17, 15) is 4.79 Å². The first-order valence-corrected chi connectivity index (χ1v) is 7.64. The van der Waals surface area contributed by atoms with Crippen molar-refractivity contribution in [3.05, 3.63) is 18.2 Å². The summed E-state index contributed by atoms with van der Waals surface area (Å²) in [5.41, 5.74) is 2.27. The molecule has 0 heterocycles. The summed E-state index contributed by atoms with van der Waals surface area (Å²) in [5, 5.41) is 0. The summed E-state index contributed by atoms with van der Waals surface area (Å²) in [6.45, 7) is 4.04. The van der Waals surface area contributed by atoms with E-state index in [2.05, 4.69) is 28.9 Å². The van der Waals surface area contributed by atoms with Crippen molar-refractivity contribution in [1.82, 2.24) is 0 Å². The van der Waals surface area contributed by atoms with E-state index >= 15 is 0 Å². The van der Waals surface area contributed by atoms with E-state index in [0.29, 0.717) is 6.42 Å². The zero-order valence-corrected chi connectivity index (χ0v) is 14.4. The first-order valence-electron chi connectivity index (χ1n) is 7.64. The molecule has 0 N–H and O–H groups in total. The number of rotatable bonds is 10. The standard InChI is InChI=1S/C17H28N2O3/c1-6-19(11-7-8-14(20)13-21-4)17-12-15(22-5)9-10-16(17)18(2)3/h9-10,12H,6-8,11,13H2,1-5H3. The van der Waals surface area contributed by atoms with E-state index in [0.717, 1.165) is 36.6 Å². The third-order valence-electron chi connectivity index (χ3n) is 3.58. The number of nitrogens with zero attached hydrogens (tertiary/aromatic N) is 2. The van der Waals surface area contributed by atoms with Gasteiger partial charge in [0.25, 0.3) is 0 Å². The van der Waals surface area contributed by atoms with Crippen molar-refractivity contribution in [1.29, 1.82) is 0 Å². The van der Waals surface area contributed by atoms with Crippen LogP contribution in [0.5, 0.6) is 5.75 Å². The molecular formula is C17H28N2O3. The van der Waals surface area contributed by atoms with E-state index in [1.165, 1.54) is 0 Å². The third-order valence-corrected chi connectivity index (χ3v) is 3.58. The lowest BCUT2D eigenvalue weighted by molar-refractivity contribution is -0.122. The van der Waals surface area contributed by atoms with Gasteiger partial charge in [0.1, 0.15) is 12.4 Å². The molecule has 0 aliphatic carbocycles. The lowest BCUT2D eigenvalue weighted by Crippen LogP contribution is -2.27. The minimum atomic E-state index is 0.150. The number of benzene rings is 1. The first kappa shape index (κ1) is 18.3. The highest BCUT2D eigenvalue weighted by Gasteiger charge is 2.13. The highest BCUT2D eigenvalue weighted by atomic mass is 16.5. The van der Waals surface area contributed by atoms with Crippen molar-refractivity contribution in [2.24, 2.45) is 0 Å². The maximum atomic E-state index is 11.6. The summed E-state index contributed by atoms with van der Waals surface area (Å²) in [5.74, 6) is 0.992. The second-order valence-corrected chi connectivity index (χ2v) is 5.40. The molecule has 0 bridgehead atoms. The quantitative estimate of drug-likeness (QED) is 0.664. The van der Waals surface area contributed by atoms with Crippen molar-refractivity contribution in [3.8, 4) is 5.75 Å². The fourth-order valence-electron chi connectivity index (χ4n) is 2.41. The van der Waals surface area contributed by atoms with Crippen LogP contribution in [0, 0.1) is 0 Å². The molecule has 0 aromatic heterocycles. The fraction of sp³-hybridized carbons (Fsp3) is 0.588. The van der Waals surface area contributed by atoms with Gasteiger partial charge in [-0.1, -0.05) is 0 Å². The third kappa shape index (κ3) is 5.22. The number of hydrogen-bond donors (Lipinski definition) is 0. The zero-order chi connectivity index (χ0) is 16.5. The average Bonchev–Trinajstić information content (AvgIpc) is 2.51. The Morgan fingerprint density at radius 2 is 1.91 bits per heavy atom. The van der Waals surface area contributed by atoms with E-state index in [4.69, 9.17) is 9.47 Å². The van der Waals surface area contributed by atoms with Crippen molar-refractivity contribution < 1.29 is 14.3 Å². The SMILES string of the molecule is CCN(CCCC(=O)COC)c1cc(OC)ccc1N(C)C. The van der Waals surface area contributed by atoms with Gasteiger partial charge in [0.15, 0.2) is 5.78 Å². The molecule has 1 aromatic carbocycles. The molecule has 0 unspecified atom stereocenters. The Balaban J connectivity index is 2.82. The van der Waals surface area contributed by atoms with Crippen LogP contribution in [0.15, 0.2) is 18.2 Å². The molecule has 0 fully saturated rings. The summed E-state index contributed by atoms with van der Waals surface area (Å²) in [6.07, 6.45) is 1.37. The van der Waals surface area contributed by atoms with Crippen LogP contribution in [0.2, 0.25) is 0 Å². The predicted molar refractivity (Wildman–Crippen MR) is 91.3 cm³/mol. The lowest BCUT2D eigenvalue weighted by atomic mass is 10.1. The van der Waals surface area contributed by atoms with Gasteiger partial charge in [0.2, 0.25) is 0 Å². The Kier molecular flexibility index (Phi) is 7.74. The Morgan fingerprint density at radius 3 is 2.45 bits per heavy atom. The maximum absolute atomic E-state index is 11.6. The smallest absolute Gasteiger partial charge is 0.158 e. The normalized spacial score (nSPS) is 10.4. The maximum Gasteiger partial charge on any atom is 0.158 e. The van der Waals surface area contributed by atoms with Crippen LogP contribution in [-0.2, 0) is 9.53 Å². The molecule has 0 aliphatic rings. The molecule has 5 heteroatoms. The number of ether oxygens (including phenoxy) is 2. The molecule has 0 aliphatic heterocycles. The van der Waals surface area contributed by atoms with Crippen LogP contribution in [0.1, 0.15) is 19.8 Å². The van der Waals surface area contributed by atoms with E-state index in [1.54, 1.807) is 14.2 Å². The molecule has 0 amide bonds. The van der Waals surface area contributed by atoms with Gasteiger partial charge >= 0.3 is 0 Å². The second-order valence-electron chi connectivity index (χ2n) is 5.40. The Labute approximate surface area is 133 Å². The Bertz CT molecular complexity index is 475. The van der Waals surface area contributed by atoms with Crippen LogP contribution < -0.4 is 14.5 Å². The summed E-state index contributed by atoms with van der Waals surface area (Å²) in [4.78, 5) is 15.9. The first-order chi connectivity index (χ1) is 10.5. The van der Waals surface area contributed by atoms with E-state index in [1.807, 2.05) is 20.2 Å². The molecular weight excluding hydrogens is 280 g/mol. The Hall–Kier alpha value is -1.75. The number of carbonyl (C=O) groups excluding carboxylic acids is 1. The molecule has 0 atom stereocenters. The van der Waals surface area contributed by atoms with Crippen LogP contribution in [0.4, 0.5) is 11.4 Å². The molecule has 1 aromatic rings. The number of methoxy groups -OCH3 is 2. The van der Waals surface area contributed by atoms with Crippen LogP contribution in [0.25, 0.3) is 0 Å². The number of hydrogen-bond acceptors (Lipinski definition) is 5. The van der Waals surface area contributed by atoms with Crippen molar-refractivity contribution in [2.75, 3.05) is 57.8 Å². The summed E-state index contributed by atoms with van der Waals surface area (Å²) in [7, 11) is 7.28. The summed E-state index contributed by atoms with van der Waals surface area (Å²) < 4.78 is 10.2. The highest BCUT2D eigenvalue weighted by molar-refractivity contribution is 5.79.